The second-order valence-corrected chi connectivity index (χ2v) is 5.76. The van der Waals surface area contributed by atoms with Crippen molar-refractivity contribution in [1.29, 1.82) is 0 Å². The molecule has 0 bridgehead atoms. The number of aliphatic hydroxyl groups excluding tert-OH is 1. The lowest BCUT2D eigenvalue weighted by atomic mass is 10.2. The third-order valence-corrected chi connectivity index (χ3v) is 3.40. The van der Waals surface area contributed by atoms with Crippen LogP contribution in [0.15, 0.2) is 24.3 Å². The fourth-order valence-electron chi connectivity index (χ4n) is 2.68. The number of hydrogen-bond donors (Lipinski definition) is 1. The van der Waals surface area contributed by atoms with Gasteiger partial charge in [0, 0.05) is 19.6 Å². The smallest absolute Gasteiger partial charge is 0.119 e. The van der Waals surface area contributed by atoms with Crippen molar-refractivity contribution in [3.05, 3.63) is 29.8 Å². The highest BCUT2D eigenvalue weighted by Crippen LogP contribution is 2.14. The topological polar surface area (TPSA) is 41.9 Å². The van der Waals surface area contributed by atoms with Gasteiger partial charge in [-0.1, -0.05) is 12.1 Å². The quantitative estimate of drug-likeness (QED) is 0.745. The van der Waals surface area contributed by atoms with E-state index < -0.39 is 6.10 Å². The second-order valence-electron chi connectivity index (χ2n) is 5.76. The van der Waals surface area contributed by atoms with Crippen LogP contribution >= 0.6 is 0 Å². The van der Waals surface area contributed by atoms with Crippen molar-refractivity contribution >= 4 is 0 Å². The maximum Gasteiger partial charge on any atom is 0.119 e. The van der Waals surface area contributed by atoms with Crippen molar-refractivity contribution in [1.82, 2.24) is 4.90 Å². The van der Waals surface area contributed by atoms with Gasteiger partial charge >= 0.3 is 0 Å². The molecule has 1 fully saturated rings. The number of β-amino-alcohol motifs (C(OH)–C–C–N with tert-alkyl or cyclic N) is 1. The first-order valence-electron chi connectivity index (χ1n) is 7.28. The van der Waals surface area contributed by atoms with Crippen LogP contribution in [0.25, 0.3) is 0 Å². The van der Waals surface area contributed by atoms with Crippen molar-refractivity contribution in [3.8, 4) is 5.75 Å². The number of hydrogen-bond acceptors (Lipinski definition) is 4. The standard InChI is InChI=1S/C16H25NO3.ClH/c1-12-5-4-6-16(7-12)19-11-15(18)10-17-8-13(2)20-14(3)9-17;/h4-7,13-15,18H,8-11H2,1-3H3;1H/p-1. The molecule has 120 valence electrons. The number of ether oxygens (including phenoxy) is 2. The summed E-state index contributed by atoms with van der Waals surface area (Å²) >= 11 is 0. The number of aliphatic hydroxyl groups is 1. The van der Waals surface area contributed by atoms with E-state index in [1.165, 1.54) is 0 Å². The summed E-state index contributed by atoms with van der Waals surface area (Å²) in [5, 5.41) is 10.1. The molecule has 1 aromatic carbocycles. The molecule has 4 nitrogen and oxygen atoms in total. The van der Waals surface area contributed by atoms with Crippen LogP contribution in [0.5, 0.6) is 5.75 Å². The minimum Gasteiger partial charge on any atom is -1.00 e. The summed E-state index contributed by atoms with van der Waals surface area (Å²) in [6.45, 7) is 8.85. The molecule has 0 aromatic heterocycles. The Kier molecular flexibility index (Phi) is 7.46. The van der Waals surface area contributed by atoms with Gasteiger partial charge in [0.2, 0.25) is 0 Å². The van der Waals surface area contributed by atoms with Gasteiger partial charge in [-0.05, 0) is 38.5 Å². The largest absolute Gasteiger partial charge is 1.00 e. The van der Waals surface area contributed by atoms with Gasteiger partial charge in [-0.3, -0.25) is 4.90 Å². The Morgan fingerprint density at radius 1 is 1.33 bits per heavy atom. The van der Waals surface area contributed by atoms with Gasteiger partial charge < -0.3 is 27.0 Å². The monoisotopic (exact) mass is 314 g/mol. The lowest BCUT2D eigenvalue weighted by Crippen LogP contribution is -3.00. The first kappa shape index (κ1) is 18.2. The summed E-state index contributed by atoms with van der Waals surface area (Å²) in [6.07, 6.45) is -0.0275. The zero-order valence-electron chi connectivity index (χ0n) is 13.0. The van der Waals surface area contributed by atoms with Gasteiger partial charge in [-0.25, -0.2) is 0 Å². The SMILES string of the molecule is Cc1cccc(OCC(O)CN2CC(C)OC(C)C2)c1.[Cl-]. The summed E-state index contributed by atoms with van der Waals surface area (Å²) < 4.78 is 11.3. The Morgan fingerprint density at radius 3 is 2.62 bits per heavy atom. The molecule has 1 aliphatic rings. The van der Waals surface area contributed by atoms with Crippen molar-refractivity contribution < 1.29 is 27.0 Å². The number of aryl methyl sites for hydroxylation is 1. The summed E-state index contributed by atoms with van der Waals surface area (Å²) in [7, 11) is 0. The molecule has 1 heterocycles. The van der Waals surface area contributed by atoms with Crippen molar-refractivity contribution in [3.63, 3.8) is 0 Å². The van der Waals surface area contributed by atoms with Crippen molar-refractivity contribution in [2.75, 3.05) is 26.2 Å². The number of morpholine rings is 1. The van der Waals surface area contributed by atoms with Crippen LogP contribution in [0.1, 0.15) is 19.4 Å². The summed E-state index contributed by atoms with van der Waals surface area (Å²) in [6, 6.07) is 7.88. The van der Waals surface area contributed by atoms with E-state index in [0.717, 1.165) is 24.4 Å². The Bertz CT molecular complexity index is 420. The van der Waals surface area contributed by atoms with Gasteiger partial charge in [0.05, 0.1) is 12.2 Å². The zero-order chi connectivity index (χ0) is 14.5. The molecule has 1 aliphatic heterocycles. The summed E-state index contributed by atoms with van der Waals surface area (Å²) in [5.74, 6) is 0.813. The fourth-order valence-corrected chi connectivity index (χ4v) is 2.68. The highest BCUT2D eigenvalue weighted by Gasteiger charge is 2.23. The van der Waals surface area contributed by atoms with Crippen molar-refractivity contribution in [2.24, 2.45) is 0 Å². The van der Waals surface area contributed by atoms with E-state index >= 15 is 0 Å². The number of rotatable bonds is 5. The molecule has 1 aromatic rings. The zero-order valence-corrected chi connectivity index (χ0v) is 13.7. The van der Waals surface area contributed by atoms with Gasteiger partial charge in [-0.2, -0.15) is 0 Å². The predicted octanol–water partition coefficient (Wildman–Crippen LogP) is -1.15. The number of halogens is 1. The molecular formula is C16H25ClNO3-. The molecule has 5 heteroatoms. The average Bonchev–Trinajstić information content (AvgIpc) is 2.35. The molecule has 0 amide bonds. The molecule has 0 spiro atoms. The van der Waals surface area contributed by atoms with E-state index in [-0.39, 0.29) is 24.6 Å². The van der Waals surface area contributed by atoms with E-state index in [2.05, 4.69) is 18.7 Å². The Morgan fingerprint density at radius 2 is 2.00 bits per heavy atom. The van der Waals surface area contributed by atoms with Crippen LogP contribution in [-0.2, 0) is 4.74 Å². The van der Waals surface area contributed by atoms with Crippen LogP contribution in [-0.4, -0.2) is 54.6 Å². The van der Waals surface area contributed by atoms with Crippen LogP contribution < -0.4 is 17.1 Å². The summed E-state index contributed by atoms with van der Waals surface area (Å²) in [5.41, 5.74) is 1.16. The fraction of sp³-hybridized carbons (Fsp3) is 0.625. The van der Waals surface area contributed by atoms with Crippen LogP contribution in [0.3, 0.4) is 0 Å². The van der Waals surface area contributed by atoms with E-state index in [1.807, 2.05) is 31.2 Å². The molecule has 1 N–H and O–H groups in total. The minimum absolute atomic E-state index is 0. The van der Waals surface area contributed by atoms with E-state index in [1.54, 1.807) is 0 Å². The van der Waals surface area contributed by atoms with E-state index in [9.17, 15) is 5.11 Å². The number of nitrogens with zero attached hydrogens (tertiary/aromatic N) is 1. The average molecular weight is 315 g/mol. The first-order chi connectivity index (χ1) is 9.52. The number of benzene rings is 1. The van der Waals surface area contributed by atoms with Gasteiger partial charge in [0.25, 0.3) is 0 Å². The lowest BCUT2D eigenvalue weighted by molar-refractivity contribution is -0.0786. The highest BCUT2D eigenvalue weighted by atomic mass is 35.5. The Balaban J connectivity index is 0.00000220. The van der Waals surface area contributed by atoms with E-state index in [4.69, 9.17) is 9.47 Å². The van der Waals surface area contributed by atoms with Gasteiger partial charge in [0.1, 0.15) is 18.5 Å². The highest BCUT2D eigenvalue weighted by molar-refractivity contribution is 5.27. The third-order valence-electron chi connectivity index (χ3n) is 3.40. The maximum absolute atomic E-state index is 10.1. The Labute approximate surface area is 133 Å². The second kappa shape index (κ2) is 8.59. The molecule has 3 unspecified atom stereocenters. The maximum atomic E-state index is 10.1. The molecule has 0 aliphatic carbocycles. The molecule has 3 atom stereocenters. The van der Waals surface area contributed by atoms with Gasteiger partial charge in [-0.15, -0.1) is 0 Å². The lowest BCUT2D eigenvalue weighted by Gasteiger charge is -2.36. The minimum atomic E-state index is -0.479. The molecule has 21 heavy (non-hydrogen) atoms. The Hall–Kier alpha value is -0.810. The molecule has 2 rings (SSSR count). The third kappa shape index (κ3) is 6.22. The van der Waals surface area contributed by atoms with Crippen LogP contribution in [0.4, 0.5) is 0 Å². The summed E-state index contributed by atoms with van der Waals surface area (Å²) in [4.78, 5) is 2.24. The van der Waals surface area contributed by atoms with Crippen molar-refractivity contribution in [2.45, 2.75) is 39.1 Å². The van der Waals surface area contributed by atoms with Crippen LogP contribution in [0.2, 0.25) is 0 Å². The molecular weight excluding hydrogens is 290 g/mol. The molecule has 0 saturated carbocycles. The predicted molar refractivity (Wildman–Crippen MR) is 79.1 cm³/mol. The normalized spacial score (nSPS) is 24.2. The van der Waals surface area contributed by atoms with Gasteiger partial charge in [0.15, 0.2) is 0 Å². The van der Waals surface area contributed by atoms with E-state index in [0.29, 0.717) is 13.2 Å². The van der Waals surface area contributed by atoms with Crippen LogP contribution in [0, 0.1) is 6.92 Å². The molecule has 0 radical (unpaired) electrons. The first-order valence-corrected chi connectivity index (χ1v) is 7.28. The molecule has 1 saturated heterocycles.